The van der Waals surface area contributed by atoms with Gasteiger partial charge < -0.3 is 9.47 Å². The summed E-state index contributed by atoms with van der Waals surface area (Å²) in [6, 6.07) is 10.1. The molecule has 0 unspecified atom stereocenters. The van der Waals surface area contributed by atoms with Gasteiger partial charge in [-0.3, -0.25) is 0 Å². The highest BCUT2D eigenvalue weighted by molar-refractivity contribution is 6.17. The zero-order valence-electron chi connectivity index (χ0n) is 12.0. The Morgan fingerprint density at radius 3 is 2.64 bits per heavy atom. The Hall–Kier alpha value is -2.69. The SMILES string of the molecule is CC1=NN=C(c2ccc(F)cc2)c2c(ccc3c2OCO3)C1. The lowest BCUT2D eigenvalue weighted by molar-refractivity contribution is 0.174. The molecule has 2 aliphatic rings. The fraction of sp³-hybridized carbons (Fsp3) is 0.176. The fourth-order valence-electron chi connectivity index (χ4n) is 2.73. The van der Waals surface area contributed by atoms with Crippen molar-refractivity contribution in [2.45, 2.75) is 13.3 Å². The summed E-state index contributed by atoms with van der Waals surface area (Å²) in [6.45, 7) is 2.13. The number of ether oxygens (including phenoxy) is 2. The zero-order chi connectivity index (χ0) is 15.1. The van der Waals surface area contributed by atoms with Crippen LogP contribution in [0.15, 0.2) is 46.6 Å². The van der Waals surface area contributed by atoms with Gasteiger partial charge in [-0.05, 0) is 42.8 Å². The predicted molar refractivity (Wildman–Crippen MR) is 81.4 cm³/mol. The van der Waals surface area contributed by atoms with Crippen molar-refractivity contribution in [1.82, 2.24) is 0 Å². The van der Waals surface area contributed by atoms with Crippen LogP contribution in [0.4, 0.5) is 4.39 Å². The molecule has 0 amide bonds. The number of benzene rings is 2. The third-order valence-corrected chi connectivity index (χ3v) is 3.75. The van der Waals surface area contributed by atoms with Crippen molar-refractivity contribution in [3.8, 4) is 11.5 Å². The van der Waals surface area contributed by atoms with Crippen LogP contribution in [0.25, 0.3) is 0 Å². The standard InChI is InChI=1S/C17H13FN2O2/c1-10-8-12-4-7-14-17(22-9-21-14)15(12)16(20-19-10)11-2-5-13(18)6-3-11/h2-7H,8-9H2,1H3. The number of fused-ring (bicyclic) bond motifs is 3. The van der Waals surface area contributed by atoms with E-state index in [0.29, 0.717) is 23.6 Å². The first-order valence-electron chi connectivity index (χ1n) is 7.01. The average Bonchev–Trinajstić information content (AvgIpc) is 2.92. The van der Waals surface area contributed by atoms with Gasteiger partial charge in [-0.15, -0.1) is 5.10 Å². The van der Waals surface area contributed by atoms with Crippen LogP contribution in [-0.2, 0) is 6.42 Å². The average molecular weight is 296 g/mol. The number of nitrogens with zero attached hydrogens (tertiary/aromatic N) is 2. The van der Waals surface area contributed by atoms with Gasteiger partial charge in [0.25, 0.3) is 0 Å². The molecule has 0 saturated heterocycles. The van der Waals surface area contributed by atoms with E-state index in [-0.39, 0.29) is 12.6 Å². The summed E-state index contributed by atoms with van der Waals surface area (Å²) in [7, 11) is 0. The van der Waals surface area contributed by atoms with E-state index in [9.17, 15) is 4.39 Å². The van der Waals surface area contributed by atoms with E-state index in [2.05, 4.69) is 10.2 Å². The Kier molecular flexibility index (Phi) is 2.92. The molecule has 5 heteroatoms. The minimum Gasteiger partial charge on any atom is -0.454 e. The molecule has 0 aromatic heterocycles. The molecule has 0 atom stereocenters. The largest absolute Gasteiger partial charge is 0.454 e. The van der Waals surface area contributed by atoms with Gasteiger partial charge in [0.1, 0.15) is 11.5 Å². The first-order valence-corrected chi connectivity index (χ1v) is 7.01. The highest BCUT2D eigenvalue weighted by atomic mass is 19.1. The van der Waals surface area contributed by atoms with Gasteiger partial charge in [-0.1, -0.05) is 6.07 Å². The van der Waals surface area contributed by atoms with E-state index in [4.69, 9.17) is 9.47 Å². The van der Waals surface area contributed by atoms with Gasteiger partial charge in [-0.2, -0.15) is 5.10 Å². The van der Waals surface area contributed by atoms with Gasteiger partial charge in [0, 0.05) is 17.7 Å². The number of halogens is 1. The number of hydrogen-bond acceptors (Lipinski definition) is 4. The van der Waals surface area contributed by atoms with Crippen LogP contribution in [0.5, 0.6) is 11.5 Å². The Labute approximate surface area is 126 Å². The van der Waals surface area contributed by atoms with Crippen LogP contribution in [0.1, 0.15) is 23.6 Å². The molecular weight excluding hydrogens is 283 g/mol. The zero-order valence-corrected chi connectivity index (χ0v) is 12.0. The molecule has 2 aromatic rings. The van der Waals surface area contributed by atoms with Gasteiger partial charge in [0.15, 0.2) is 11.5 Å². The van der Waals surface area contributed by atoms with E-state index >= 15 is 0 Å². The summed E-state index contributed by atoms with van der Waals surface area (Å²) >= 11 is 0. The predicted octanol–water partition coefficient (Wildman–Crippen LogP) is 3.32. The molecule has 4 nitrogen and oxygen atoms in total. The summed E-state index contributed by atoms with van der Waals surface area (Å²) in [6.07, 6.45) is 0.695. The molecule has 2 aromatic carbocycles. The maximum Gasteiger partial charge on any atom is 0.231 e. The summed E-state index contributed by atoms with van der Waals surface area (Å²) in [5.74, 6) is 1.11. The number of hydrogen-bond donors (Lipinski definition) is 0. The third-order valence-electron chi connectivity index (χ3n) is 3.75. The van der Waals surface area contributed by atoms with Crippen LogP contribution in [0.2, 0.25) is 0 Å². The lowest BCUT2D eigenvalue weighted by Crippen LogP contribution is -2.08. The van der Waals surface area contributed by atoms with Crippen molar-refractivity contribution in [2.75, 3.05) is 6.79 Å². The molecule has 2 aliphatic heterocycles. The van der Waals surface area contributed by atoms with E-state index in [1.54, 1.807) is 12.1 Å². The van der Waals surface area contributed by atoms with E-state index in [1.165, 1.54) is 12.1 Å². The minimum absolute atomic E-state index is 0.197. The molecular formula is C17H13FN2O2. The van der Waals surface area contributed by atoms with Gasteiger partial charge in [-0.25, -0.2) is 4.39 Å². The number of rotatable bonds is 1. The molecule has 2 heterocycles. The molecule has 0 N–H and O–H groups in total. The van der Waals surface area contributed by atoms with Crippen LogP contribution >= 0.6 is 0 Å². The highest BCUT2D eigenvalue weighted by Gasteiger charge is 2.26. The van der Waals surface area contributed by atoms with Crippen molar-refractivity contribution < 1.29 is 13.9 Å². The Morgan fingerprint density at radius 1 is 1.00 bits per heavy atom. The summed E-state index contributed by atoms with van der Waals surface area (Å²) < 4.78 is 24.3. The molecule has 4 rings (SSSR count). The van der Waals surface area contributed by atoms with Gasteiger partial charge in [0.2, 0.25) is 6.79 Å². The van der Waals surface area contributed by atoms with Crippen LogP contribution in [-0.4, -0.2) is 18.2 Å². The van der Waals surface area contributed by atoms with Crippen LogP contribution in [0.3, 0.4) is 0 Å². The van der Waals surface area contributed by atoms with Crippen LogP contribution < -0.4 is 9.47 Å². The van der Waals surface area contributed by atoms with Crippen LogP contribution in [0, 0.1) is 5.82 Å². The first-order chi connectivity index (χ1) is 10.7. The molecule has 22 heavy (non-hydrogen) atoms. The molecule has 0 spiro atoms. The van der Waals surface area contributed by atoms with Crippen molar-refractivity contribution in [2.24, 2.45) is 10.2 Å². The van der Waals surface area contributed by atoms with E-state index in [1.807, 2.05) is 19.1 Å². The molecule has 0 fully saturated rings. The van der Waals surface area contributed by atoms with Gasteiger partial charge in [0.05, 0.1) is 5.56 Å². The van der Waals surface area contributed by atoms with Crippen molar-refractivity contribution in [1.29, 1.82) is 0 Å². The van der Waals surface area contributed by atoms with Crippen molar-refractivity contribution in [3.63, 3.8) is 0 Å². The van der Waals surface area contributed by atoms with E-state index < -0.39 is 0 Å². The van der Waals surface area contributed by atoms with E-state index in [0.717, 1.165) is 22.4 Å². The molecule has 0 aliphatic carbocycles. The second-order valence-corrected chi connectivity index (χ2v) is 5.30. The molecule has 0 bridgehead atoms. The second kappa shape index (κ2) is 4.94. The topological polar surface area (TPSA) is 43.2 Å². The Morgan fingerprint density at radius 2 is 1.82 bits per heavy atom. The third kappa shape index (κ3) is 2.06. The highest BCUT2D eigenvalue weighted by Crippen LogP contribution is 2.39. The monoisotopic (exact) mass is 296 g/mol. The molecule has 0 saturated carbocycles. The minimum atomic E-state index is -0.282. The maximum absolute atomic E-state index is 13.2. The lowest BCUT2D eigenvalue weighted by Gasteiger charge is -2.12. The fourth-order valence-corrected chi connectivity index (χ4v) is 2.73. The summed E-state index contributed by atoms with van der Waals surface area (Å²) in [4.78, 5) is 0. The van der Waals surface area contributed by atoms with Crippen molar-refractivity contribution >= 4 is 11.4 Å². The smallest absolute Gasteiger partial charge is 0.231 e. The quantitative estimate of drug-likeness (QED) is 0.810. The normalized spacial score (nSPS) is 15.7. The summed E-state index contributed by atoms with van der Waals surface area (Å²) in [5.41, 5.74) is 4.34. The Bertz CT molecular complexity index is 810. The lowest BCUT2D eigenvalue weighted by atomic mass is 9.94. The maximum atomic E-state index is 13.2. The molecule has 0 radical (unpaired) electrons. The second-order valence-electron chi connectivity index (χ2n) is 5.30. The Balaban J connectivity index is 1.95. The summed E-state index contributed by atoms with van der Waals surface area (Å²) in [5, 5.41) is 8.63. The van der Waals surface area contributed by atoms with Gasteiger partial charge >= 0.3 is 0 Å². The van der Waals surface area contributed by atoms with Crippen molar-refractivity contribution in [3.05, 3.63) is 58.9 Å². The molecule has 110 valence electrons. The first kappa shape index (κ1) is 13.0.